The molecular weight excluding hydrogens is 294 g/mol. The van der Waals surface area contributed by atoms with Crippen LogP contribution in [0.4, 0.5) is 11.4 Å². The molecule has 2 rings (SSSR count). The van der Waals surface area contributed by atoms with Crippen molar-refractivity contribution in [3.63, 3.8) is 0 Å². The zero-order valence-electron chi connectivity index (χ0n) is 11.8. The lowest BCUT2D eigenvalue weighted by atomic mass is 10.2. The Kier molecular flexibility index (Phi) is 4.79. The number of nitro benzene ring substituents is 1. The minimum atomic E-state index is -3.87. The molecule has 21 heavy (non-hydrogen) atoms. The maximum atomic E-state index is 12.3. The number of rotatable bonds is 8. The third-order valence-electron chi connectivity index (χ3n) is 3.30. The summed E-state index contributed by atoms with van der Waals surface area (Å²) in [5.41, 5.74) is -0.162. The summed E-state index contributed by atoms with van der Waals surface area (Å²) in [4.78, 5) is 10.3. The summed E-state index contributed by atoms with van der Waals surface area (Å²) in [6, 6.07) is 4.30. The van der Waals surface area contributed by atoms with Crippen LogP contribution >= 0.6 is 0 Å². The fourth-order valence-electron chi connectivity index (χ4n) is 1.96. The van der Waals surface area contributed by atoms with E-state index in [-0.39, 0.29) is 10.6 Å². The molecule has 0 saturated heterocycles. The topological polar surface area (TPSA) is 101 Å². The summed E-state index contributed by atoms with van der Waals surface area (Å²) in [5, 5.41) is 14.2. The zero-order chi connectivity index (χ0) is 15.5. The molecule has 7 nitrogen and oxygen atoms in total. The number of sulfonamides is 1. The number of anilines is 1. The van der Waals surface area contributed by atoms with Gasteiger partial charge in [-0.1, -0.05) is 13.0 Å². The Morgan fingerprint density at radius 1 is 1.38 bits per heavy atom. The van der Waals surface area contributed by atoms with Crippen LogP contribution in [0.15, 0.2) is 23.1 Å². The first-order valence-corrected chi connectivity index (χ1v) is 8.45. The predicted molar refractivity (Wildman–Crippen MR) is 79.8 cm³/mol. The van der Waals surface area contributed by atoms with E-state index in [0.29, 0.717) is 19.0 Å². The number of hydrogen-bond acceptors (Lipinski definition) is 5. The first kappa shape index (κ1) is 15.7. The monoisotopic (exact) mass is 313 g/mol. The van der Waals surface area contributed by atoms with E-state index in [1.807, 2.05) is 6.92 Å². The van der Waals surface area contributed by atoms with Gasteiger partial charge < -0.3 is 5.32 Å². The third-order valence-corrected chi connectivity index (χ3v) is 4.75. The summed E-state index contributed by atoms with van der Waals surface area (Å²) in [7, 11) is -3.87. The fourth-order valence-corrected chi connectivity index (χ4v) is 3.26. The smallest absolute Gasteiger partial charge is 0.312 e. The average molecular weight is 313 g/mol. The molecule has 1 aromatic rings. The van der Waals surface area contributed by atoms with Gasteiger partial charge in [-0.2, -0.15) is 0 Å². The van der Waals surface area contributed by atoms with E-state index in [1.54, 1.807) is 0 Å². The van der Waals surface area contributed by atoms with Crippen LogP contribution < -0.4 is 10.0 Å². The molecule has 0 atom stereocenters. The molecule has 0 radical (unpaired) electrons. The van der Waals surface area contributed by atoms with Crippen LogP contribution in [0.25, 0.3) is 0 Å². The van der Waals surface area contributed by atoms with Gasteiger partial charge in [0.2, 0.25) is 10.0 Å². The van der Waals surface area contributed by atoms with Crippen LogP contribution in [0.5, 0.6) is 0 Å². The number of para-hydroxylation sites is 1. The van der Waals surface area contributed by atoms with Crippen molar-refractivity contribution in [1.82, 2.24) is 4.72 Å². The number of hydrogen-bond donors (Lipinski definition) is 2. The van der Waals surface area contributed by atoms with E-state index >= 15 is 0 Å². The standard InChI is InChI=1S/C13H19N3O4S/c1-2-8-14-11-4-3-5-12(13(11)16(17)18)21(19,20)15-9-10-6-7-10/h3-5,10,14-15H,2,6-9H2,1H3. The van der Waals surface area contributed by atoms with Crippen molar-refractivity contribution < 1.29 is 13.3 Å². The van der Waals surface area contributed by atoms with Crippen LogP contribution in [0, 0.1) is 16.0 Å². The molecule has 0 unspecified atom stereocenters. The maximum Gasteiger partial charge on any atom is 0.312 e. The van der Waals surface area contributed by atoms with Crippen LogP contribution in [0.2, 0.25) is 0 Å². The second-order valence-electron chi connectivity index (χ2n) is 5.13. The quantitative estimate of drug-likeness (QED) is 0.565. The fraction of sp³-hybridized carbons (Fsp3) is 0.538. The zero-order valence-corrected chi connectivity index (χ0v) is 12.6. The van der Waals surface area contributed by atoms with Crippen LogP contribution in [-0.2, 0) is 10.0 Å². The molecule has 0 aliphatic heterocycles. The number of nitrogens with zero attached hydrogens (tertiary/aromatic N) is 1. The van der Waals surface area contributed by atoms with E-state index < -0.39 is 20.6 Å². The number of nitrogens with one attached hydrogen (secondary N) is 2. The van der Waals surface area contributed by atoms with E-state index in [0.717, 1.165) is 19.3 Å². The van der Waals surface area contributed by atoms with Gasteiger partial charge in [-0.15, -0.1) is 0 Å². The van der Waals surface area contributed by atoms with Gasteiger partial charge in [0.15, 0.2) is 4.90 Å². The summed E-state index contributed by atoms with van der Waals surface area (Å²) in [6.07, 6.45) is 2.79. The van der Waals surface area contributed by atoms with Crippen molar-refractivity contribution in [2.24, 2.45) is 5.92 Å². The molecule has 1 aromatic carbocycles. The second kappa shape index (κ2) is 6.40. The molecule has 2 N–H and O–H groups in total. The maximum absolute atomic E-state index is 12.3. The minimum Gasteiger partial charge on any atom is -0.379 e. The summed E-state index contributed by atoms with van der Waals surface area (Å²) < 4.78 is 27.0. The SMILES string of the molecule is CCCNc1cccc(S(=O)(=O)NCC2CC2)c1[N+](=O)[O-]. The van der Waals surface area contributed by atoms with Crippen molar-refractivity contribution in [2.75, 3.05) is 18.4 Å². The van der Waals surface area contributed by atoms with Gasteiger partial charge in [-0.25, -0.2) is 13.1 Å². The number of nitro groups is 1. The first-order valence-electron chi connectivity index (χ1n) is 6.96. The second-order valence-corrected chi connectivity index (χ2v) is 6.87. The molecule has 1 aliphatic carbocycles. The Morgan fingerprint density at radius 3 is 2.67 bits per heavy atom. The molecule has 0 heterocycles. The minimum absolute atomic E-state index is 0.233. The molecule has 8 heteroatoms. The Bertz CT molecular complexity index is 626. The highest BCUT2D eigenvalue weighted by Gasteiger charge is 2.30. The molecule has 0 aromatic heterocycles. The highest BCUT2D eigenvalue weighted by Crippen LogP contribution is 2.33. The summed E-state index contributed by atoms with van der Waals surface area (Å²) in [6.45, 7) is 2.81. The van der Waals surface area contributed by atoms with Crippen molar-refractivity contribution in [3.05, 3.63) is 28.3 Å². The van der Waals surface area contributed by atoms with Crippen molar-refractivity contribution in [1.29, 1.82) is 0 Å². The Morgan fingerprint density at radius 2 is 2.10 bits per heavy atom. The lowest BCUT2D eigenvalue weighted by molar-refractivity contribution is -0.386. The highest BCUT2D eigenvalue weighted by atomic mass is 32.2. The Balaban J connectivity index is 2.34. The molecule has 116 valence electrons. The summed E-state index contributed by atoms with van der Waals surface area (Å²) >= 11 is 0. The third kappa shape index (κ3) is 3.92. The lowest BCUT2D eigenvalue weighted by Gasteiger charge is -2.10. The molecule has 0 amide bonds. The average Bonchev–Trinajstić information content (AvgIpc) is 3.26. The van der Waals surface area contributed by atoms with Crippen LogP contribution in [0.3, 0.4) is 0 Å². The van der Waals surface area contributed by atoms with Crippen molar-refractivity contribution >= 4 is 21.4 Å². The number of benzene rings is 1. The molecular formula is C13H19N3O4S. The van der Waals surface area contributed by atoms with Gasteiger partial charge in [0.1, 0.15) is 5.69 Å². The van der Waals surface area contributed by atoms with E-state index in [9.17, 15) is 18.5 Å². The first-order chi connectivity index (χ1) is 9.95. The van der Waals surface area contributed by atoms with Gasteiger partial charge in [0.05, 0.1) is 4.92 Å². The van der Waals surface area contributed by atoms with E-state index in [2.05, 4.69) is 10.0 Å². The van der Waals surface area contributed by atoms with Crippen LogP contribution in [-0.4, -0.2) is 26.4 Å². The van der Waals surface area contributed by atoms with Gasteiger partial charge in [-0.3, -0.25) is 10.1 Å². The highest BCUT2D eigenvalue weighted by molar-refractivity contribution is 7.89. The van der Waals surface area contributed by atoms with Gasteiger partial charge >= 0.3 is 5.69 Å². The molecule has 1 saturated carbocycles. The summed E-state index contributed by atoms with van der Waals surface area (Å²) in [5.74, 6) is 0.361. The van der Waals surface area contributed by atoms with E-state index in [4.69, 9.17) is 0 Å². The Labute approximate surface area is 123 Å². The van der Waals surface area contributed by atoms with Crippen molar-refractivity contribution in [3.8, 4) is 0 Å². The lowest BCUT2D eigenvalue weighted by Crippen LogP contribution is -2.26. The molecule has 0 spiro atoms. The van der Waals surface area contributed by atoms with Crippen LogP contribution in [0.1, 0.15) is 26.2 Å². The van der Waals surface area contributed by atoms with Gasteiger partial charge in [-0.05, 0) is 37.3 Å². The normalized spacial score (nSPS) is 14.9. The van der Waals surface area contributed by atoms with Crippen molar-refractivity contribution in [2.45, 2.75) is 31.1 Å². The molecule has 1 fully saturated rings. The van der Waals surface area contributed by atoms with E-state index in [1.165, 1.54) is 18.2 Å². The van der Waals surface area contributed by atoms with Gasteiger partial charge in [0, 0.05) is 13.1 Å². The Hall–Kier alpha value is -1.67. The van der Waals surface area contributed by atoms with Gasteiger partial charge in [0.25, 0.3) is 0 Å². The predicted octanol–water partition coefficient (Wildman–Crippen LogP) is 2.10. The molecule has 0 bridgehead atoms. The largest absolute Gasteiger partial charge is 0.379 e. The molecule has 1 aliphatic rings.